The first-order chi connectivity index (χ1) is 9.30. The Morgan fingerprint density at radius 3 is 2.30 bits per heavy atom. The normalized spacial score (nSPS) is 11.3. The predicted octanol–water partition coefficient (Wildman–Crippen LogP) is 2.15. The Bertz CT molecular complexity index is 652. The summed E-state index contributed by atoms with van der Waals surface area (Å²) >= 11 is 0. The molecule has 0 atom stereocenters. The Morgan fingerprint density at radius 2 is 1.75 bits per heavy atom. The van der Waals surface area contributed by atoms with Crippen LogP contribution in [-0.4, -0.2) is 5.78 Å². The zero-order valence-corrected chi connectivity index (χ0v) is 10.0. The van der Waals surface area contributed by atoms with E-state index in [1.165, 1.54) is 12.1 Å². The van der Waals surface area contributed by atoms with E-state index in [4.69, 9.17) is 5.73 Å². The monoisotopic (exact) mass is 282 g/mol. The van der Waals surface area contributed by atoms with Crippen LogP contribution in [0, 0.1) is 5.21 Å². The lowest BCUT2D eigenvalue weighted by atomic mass is 10.0. The number of aromatic nitrogens is 1. The van der Waals surface area contributed by atoms with Gasteiger partial charge in [-0.2, -0.15) is 13.2 Å². The van der Waals surface area contributed by atoms with Gasteiger partial charge >= 0.3 is 6.18 Å². The van der Waals surface area contributed by atoms with Crippen molar-refractivity contribution in [2.75, 3.05) is 5.73 Å². The van der Waals surface area contributed by atoms with Crippen molar-refractivity contribution in [1.82, 2.24) is 0 Å². The summed E-state index contributed by atoms with van der Waals surface area (Å²) in [5.74, 6) is -0.904. The van der Waals surface area contributed by atoms with Crippen LogP contribution in [0.5, 0.6) is 0 Å². The minimum absolute atomic E-state index is 0.0240. The number of anilines is 1. The van der Waals surface area contributed by atoms with Gasteiger partial charge in [0.15, 0.2) is 0 Å². The van der Waals surface area contributed by atoms with E-state index in [2.05, 4.69) is 0 Å². The van der Waals surface area contributed by atoms with Crippen LogP contribution in [0.4, 0.5) is 19.0 Å². The number of nitrogens with zero attached hydrogens (tertiary/aromatic N) is 1. The van der Waals surface area contributed by atoms with Crippen molar-refractivity contribution in [3.8, 4) is 0 Å². The molecule has 0 amide bonds. The number of nitrogen functional groups attached to an aromatic ring is 1. The van der Waals surface area contributed by atoms with Crippen LogP contribution in [0.3, 0.4) is 0 Å². The summed E-state index contributed by atoms with van der Waals surface area (Å²) in [5, 5.41) is 11.3. The number of halogens is 3. The summed E-state index contributed by atoms with van der Waals surface area (Å²) in [6.45, 7) is 0. The molecule has 2 rings (SSSR count). The number of pyridine rings is 1. The lowest BCUT2D eigenvalue weighted by molar-refractivity contribution is -0.590. The molecule has 1 aromatic heterocycles. The molecular formula is C13H9F3N2O2. The molecule has 104 valence electrons. The van der Waals surface area contributed by atoms with Gasteiger partial charge in [0.05, 0.1) is 11.8 Å². The highest BCUT2D eigenvalue weighted by molar-refractivity contribution is 6.11. The van der Waals surface area contributed by atoms with E-state index < -0.39 is 17.5 Å². The third kappa shape index (κ3) is 2.56. The van der Waals surface area contributed by atoms with Crippen molar-refractivity contribution in [3.63, 3.8) is 0 Å². The number of alkyl halides is 3. The first-order valence-corrected chi connectivity index (χ1v) is 5.50. The average molecular weight is 282 g/mol. The van der Waals surface area contributed by atoms with E-state index in [0.29, 0.717) is 4.73 Å². The fourth-order valence-electron chi connectivity index (χ4n) is 1.66. The topological polar surface area (TPSA) is 70.0 Å². The van der Waals surface area contributed by atoms with Crippen molar-refractivity contribution in [2.45, 2.75) is 6.18 Å². The second-order valence-corrected chi connectivity index (χ2v) is 4.04. The molecule has 0 aliphatic carbocycles. The molecule has 0 saturated carbocycles. The minimum atomic E-state index is -4.47. The summed E-state index contributed by atoms with van der Waals surface area (Å²) in [4.78, 5) is 12.1. The van der Waals surface area contributed by atoms with Crippen LogP contribution in [0.25, 0.3) is 0 Å². The van der Waals surface area contributed by atoms with Crippen molar-refractivity contribution >= 4 is 11.6 Å². The highest BCUT2D eigenvalue weighted by Gasteiger charge is 2.30. The predicted molar refractivity (Wildman–Crippen MR) is 64.7 cm³/mol. The number of hydrogen-bond acceptors (Lipinski definition) is 3. The van der Waals surface area contributed by atoms with Crippen molar-refractivity contribution in [3.05, 3.63) is 64.5 Å². The van der Waals surface area contributed by atoms with E-state index in [-0.39, 0.29) is 16.9 Å². The standard InChI is InChI=1S/C13H9F3N2O2/c14-13(15,16)9-5-3-8(4-6-9)11(19)10-2-1-7-18(20)12(10)17/h1-7H,17H2. The van der Waals surface area contributed by atoms with Crippen LogP contribution in [0.15, 0.2) is 42.6 Å². The molecule has 1 heterocycles. The minimum Gasteiger partial charge on any atom is -0.711 e. The van der Waals surface area contributed by atoms with Gasteiger partial charge in [0, 0.05) is 5.56 Å². The molecule has 2 N–H and O–H groups in total. The molecule has 0 aliphatic rings. The summed E-state index contributed by atoms with van der Waals surface area (Å²) in [7, 11) is 0. The number of carbonyl (C=O) groups is 1. The molecule has 7 heteroatoms. The smallest absolute Gasteiger partial charge is 0.416 e. The molecule has 0 unspecified atom stereocenters. The number of rotatable bonds is 2. The van der Waals surface area contributed by atoms with Gasteiger partial charge < -0.3 is 5.21 Å². The highest BCUT2D eigenvalue weighted by atomic mass is 19.4. The van der Waals surface area contributed by atoms with Crippen molar-refractivity contribution in [2.24, 2.45) is 0 Å². The van der Waals surface area contributed by atoms with E-state index in [1.54, 1.807) is 0 Å². The number of hydrogen-bond donors (Lipinski definition) is 1. The molecule has 0 spiro atoms. The quantitative estimate of drug-likeness (QED) is 0.521. The maximum absolute atomic E-state index is 12.4. The van der Waals surface area contributed by atoms with Gasteiger partial charge in [-0.1, -0.05) is 12.1 Å². The number of nitrogens with two attached hydrogens (primary N) is 1. The molecule has 0 bridgehead atoms. The van der Waals surface area contributed by atoms with Crippen LogP contribution >= 0.6 is 0 Å². The van der Waals surface area contributed by atoms with Gasteiger partial charge in [0.2, 0.25) is 5.78 Å². The Labute approximate surface area is 111 Å². The second-order valence-electron chi connectivity index (χ2n) is 4.04. The Kier molecular flexibility index (Phi) is 3.35. The molecule has 4 nitrogen and oxygen atoms in total. The molecule has 0 radical (unpaired) electrons. The van der Waals surface area contributed by atoms with Gasteiger partial charge in [-0.3, -0.25) is 10.5 Å². The molecule has 2 aromatic rings. The third-order valence-corrected chi connectivity index (χ3v) is 2.72. The van der Waals surface area contributed by atoms with Gasteiger partial charge in [0.1, 0.15) is 5.56 Å². The Morgan fingerprint density at radius 1 is 1.15 bits per heavy atom. The van der Waals surface area contributed by atoms with Gasteiger partial charge in [-0.25, -0.2) is 4.73 Å². The Hall–Kier alpha value is -2.57. The molecule has 1 aromatic carbocycles. The van der Waals surface area contributed by atoms with Gasteiger partial charge in [-0.15, -0.1) is 0 Å². The van der Waals surface area contributed by atoms with Gasteiger partial charge in [0.25, 0.3) is 5.82 Å². The lowest BCUT2D eigenvalue weighted by Gasteiger charge is -2.09. The number of ketones is 1. The SMILES string of the molecule is Nc1c(C(=O)c2ccc(C(F)(F)F)cc2)ccc[n+]1[O-]. The third-order valence-electron chi connectivity index (χ3n) is 2.72. The lowest BCUT2D eigenvalue weighted by Crippen LogP contribution is -2.32. The van der Waals surface area contributed by atoms with Crippen molar-refractivity contribution in [1.29, 1.82) is 0 Å². The molecule has 20 heavy (non-hydrogen) atoms. The summed E-state index contributed by atoms with van der Waals surface area (Å²) < 4.78 is 37.6. The van der Waals surface area contributed by atoms with E-state index in [9.17, 15) is 23.2 Å². The van der Waals surface area contributed by atoms with Crippen LogP contribution in [0.1, 0.15) is 21.5 Å². The maximum Gasteiger partial charge on any atom is 0.416 e. The molecule has 0 aliphatic heterocycles. The summed E-state index contributed by atoms with van der Waals surface area (Å²) in [6, 6.07) is 6.37. The zero-order chi connectivity index (χ0) is 14.9. The second kappa shape index (κ2) is 4.84. The first-order valence-electron chi connectivity index (χ1n) is 5.50. The van der Waals surface area contributed by atoms with Crippen LogP contribution < -0.4 is 10.5 Å². The van der Waals surface area contributed by atoms with E-state index in [1.807, 2.05) is 0 Å². The largest absolute Gasteiger partial charge is 0.711 e. The highest BCUT2D eigenvalue weighted by Crippen LogP contribution is 2.29. The zero-order valence-electron chi connectivity index (χ0n) is 10.0. The fraction of sp³-hybridized carbons (Fsp3) is 0.0769. The van der Waals surface area contributed by atoms with Gasteiger partial charge in [-0.05, 0) is 24.3 Å². The number of carbonyl (C=O) groups excluding carboxylic acids is 1. The van der Waals surface area contributed by atoms with E-state index in [0.717, 1.165) is 30.5 Å². The molecule has 0 saturated heterocycles. The molecule has 0 fully saturated rings. The Balaban J connectivity index is 2.37. The first kappa shape index (κ1) is 13.9. The van der Waals surface area contributed by atoms with Crippen LogP contribution in [0.2, 0.25) is 0 Å². The number of benzene rings is 1. The average Bonchev–Trinajstić information content (AvgIpc) is 2.40. The molecular weight excluding hydrogens is 273 g/mol. The summed E-state index contributed by atoms with van der Waals surface area (Å²) in [6.07, 6.45) is -3.34. The van der Waals surface area contributed by atoms with E-state index >= 15 is 0 Å². The fourth-order valence-corrected chi connectivity index (χ4v) is 1.66. The van der Waals surface area contributed by atoms with Crippen molar-refractivity contribution < 1.29 is 22.7 Å². The maximum atomic E-state index is 12.4. The summed E-state index contributed by atoms with van der Waals surface area (Å²) in [5.41, 5.74) is 4.59. The van der Waals surface area contributed by atoms with Crippen LogP contribution in [-0.2, 0) is 6.18 Å².